The third-order valence-electron chi connectivity index (χ3n) is 2.72. The maximum atomic E-state index is 12.3. The molecule has 0 fully saturated rings. The van der Waals surface area contributed by atoms with Gasteiger partial charge in [0.1, 0.15) is 6.54 Å². The van der Waals surface area contributed by atoms with Crippen molar-refractivity contribution in [2.75, 3.05) is 20.2 Å². The standard InChI is InChI=1S/C14H18N2O4/c1-3-7-16(9-12(17)20-2)14(19)11-6-4-5-10(8-11)13(15)18/h4-6,8H,3,7,9H2,1-2H3,(H2,15,18). The van der Waals surface area contributed by atoms with E-state index in [1.54, 1.807) is 12.1 Å². The molecule has 0 aliphatic heterocycles. The summed E-state index contributed by atoms with van der Waals surface area (Å²) in [7, 11) is 1.27. The summed E-state index contributed by atoms with van der Waals surface area (Å²) in [6.45, 7) is 2.20. The fourth-order valence-electron chi connectivity index (χ4n) is 1.73. The third kappa shape index (κ3) is 4.08. The first-order valence-electron chi connectivity index (χ1n) is 6.25. The fourth-order valence-corrected chi connectivity index (χ4v) is 1.73. The third-order valence-corrected chi connectivity index (χ3v) is 2.72. The molecule has 6 nitrogen and oxygen atoms in total. The zero-order chi connectivity index (χ0) is 15.1. The van der Waals surface area contributed by atoms with Crippen LogP contribution < -0.4 is 5.73 Å². The molecular weight excluding hydrogens is 260 g/mol. The smallest absolute Gasteiger partial charge is 0.325 e. The van der Waals surface area contributed by atoms with Gasteiger partial charge in [-0.3, -0.25) is 14.4 Å². The Morgan fingerprint density at radius 2 is 1.90 bits per heavy atom. The molecule has 0 radical (unpaired) electrons. The Labute approximate surface area is 117 Å². The quantitative estimate of drug-likeness (QED) is 0.780. The summed E-state index contributed by atoms with van der Waals surface area (Å²) < 4.78 is 4.57. The van der Waals surface area contributed by atoms with E-state index in [0.717, 1.165) is 0 Å². The summed E-state index contributed by atoms with van der Waals surface area (Å²) in [5, 5.41) is 0. The molecule has 0 bridgehead atoms. The summed E-state index contributed by atoms with van der Waals surface area (Å²) in [6.07, 6.45) is 0.707. The highest BCUT2D eigenvalue weighted by Gasteiger charge is 2.19. The van der Waals surface area contributed by atoms with Gasteiger partial charge in [-0.2, -0.15) is 0 Å². The van der Waals surface area contributed by atoms with Crippen molar-refractivity contribution in [1.29, 1.82) is 0 Å². The average Bonchev–Trinajstić information content (AvgIpc) is 2.45. The first-order valence-corrected chi connectivity index (χ1v) is 6.25. The van der Waals surface area contributed by atoms with E-state index in [0.29, 0.717) is 18.5 Å². The number of methoxy groups -OCH3 is 1. The second kappa shape index (κ2) is 7.28. The maximum Gasteiger partial charge on any atom is 0.325 e. The highest BCUT2D eigenvalue weighted by molar-refractivity contribution is 5.99. The minimum atomic E-state index is -0.602. The first kappa shape index (κ1) is 15.7. The Balaban J connectivity index is 2.96. The number of nitrogens with two attached hydrogens (primary N) is 1. The fraction of sp³-hybridized carbons (Fsp3) is 0.357. The van der Waals surface area contributed by atoms with Crippen molar-refractivity contribution in [3.05, 3.63) is 35.4 Å². The SMILES string of the molecule is CCCN(CC(=O)OC)C(=O)c1cccc(C(N)=O)c1. The van der Waals surface area contributed by atoms with Crippen LogP contribution in [0.4, 0.5) is 0 Å². The summed E-state index contributed by atoms with van der Waals surface area (Å²) in [5.74, 6) is -1.42. The van der Waals surface area contributed by atoms with Gasteiger partial charge in [-0.1, -0.05) is 13.0 Å². The van der Waals surface area contributed by atoms with Crippen molar-refractivity contribution in [3.63, 3.8) is 0 Å². The van der Waals surface area contributed by atoms with Gasteiger partial charge in [0.2, 0.25) is 5.91 Å². The van der Waals surface area contributed by atoms with Crippen LogP contribution in [0.5, 0.6) is 0 Å². The molecule has 0 saturated heterocycles. The van der Waals surface area contributed by atoms with Crippen LogP contribution in [0.1, 0.15) is 34.1 Å². The van der Waals surface area contributed by atoms with Crippen molar-refractivity contribution in [2.45, 2.75) is 13.3 Å². The van der Waals surface area contributed by atoms with Gasteiger partial charge in [0.05, 0.1) is 7.11 Å². The molecule has 0 heterocycles. The Bertz CT molecular complexity index is 514. The largest absolute Gasteiger partial charge is 0.468 e. The predicted octanol–water partition coefficient (Wildman–Crippen LogP) is 0.811. The highest BCUT2D eigenvalue weighted by Crippen LogP contribution is 2.09. The number of nitrogens with zero attached hydrogens (tertiary/aromatic N) is 1. The lowest BCUT2D eigenvalue weighted by Gasteiger charge is -2.20. The lowest BCUT2D eigenvalue weighted by Crippen LogP contribution is -2.36. The van der Waals surface area contributed by atoms with Crippen LogP contribution in [0.2, 0.25) is 0 Å². The molecule has 1 rings (SSSR count). The van der Waals surface area contributed by atoms with Crippen LogP contribution in [-0.2, 0) is 9.53 Å². The van der Waals surface area contributed by atoms with E-state index >= 15 is 0 Å². The molecule has 0 aliphatic carbocycles. The summed E-state index contributed by atoms with van der Waals surface area (Å²) in [4.78, 5) is 36.1. The van der Waals surface area contributed by atoms with Crippen LogP contribution in [0.25, 0.3) is 0 Å². The molecule has 20 heavy (non-hydrogen) atoms. The van der Waals surface area contributed by atoms with Crippen LogP contribution in [0.15, 0.2) is 24.3 Å². The van der Waals surface area contributed by atoms with Crippen LogP contribution in [0, 0.1) is 0 Å². The minimum Gasteiger partial charge on any atom is -0.468 e. The molecular formula is C14H18N2O4. The van der Waals surface area contributed by atoms with E-state index in [1.807, 2.05) is 6.92 Å². The maximum absolute atomic E-state index is 12.3. The Hall–Kier alpha value is -2.37. The van der Waals surface area contributed by atoms with E-state index in [9.17, 15) is 14.4 Å². The monoisotopic (exact) mass is 278 g/mol. The summed E-state index contributed by atoms with van der Waals surface area (Å²) >= 11 is 0. The predicted molar refractivity (Wildman–Crippen MR) is 73.2 cm³/mol. The molecule has 0 spiro atoms. The zero-order valence-corrected chi connectivity index (χ0v) is 11.6. The number of carbonyl (C=O) groups excluding carboxylic acids is 3. The number of ether oxygens (including phenoxy) is 1. The molecule has 0 atom stereocenters. The van der Waals surface area contributed by atoms with Gasteiger partial charge in [0.15, 0.2) is 0 Å². The normalized spacial score (nSPS) is 9.90. The van der Waals surface area contributed by atoms with Crippen LogP contribution in [0.3, 0.4) is 0 Å². The number of amides is 2. The summed E-state index contributed by atoms with van der Waals surface area (Å²) in [6, 6.07) is 6.11. The van der Waals surface area contributed by atoms with Gasteiger partial charge in [-0.25, -0.2) is 0 Å². The van der Waals surface area contributed by atoms with E-state index in [-0.39, 0.29) is 18.0 Å². The van der Waals surface area contributed by atoms with Gasteiger partial charge in [-0.05, 0) is 24.6 Å². The number of benzene rings is 1. The van der Waals surface area contributed by atoms with E-state index in [2.05, 4.69) is 4.74 Å². The number of hydrogen-bond donors (Lipinski definition) is 1. The second-order valence-electron chi connectivity index (χ2n) is 4.25. The van der Waals surface area contributed by atoms with Gasteiger partial charge in [0, 0.05) is 17.7 Å². The Kier molecular flexibility index (Phi) is 5.71. The van der Waals surface area contributed by atoms with E-state index < -0.39 is 11.9 Å². The average molecular weight is 278 g/mol. The van der Waals surface area contributed by atoms with Gasteiger partial charge in [-0.15, -0.1) is 0 Å². The van der Waals surface area contributed by atoms with Crippen molar-refractivity contribution in [2.24, 2.45) is 5.73 Å². The van der Waals surface area contributed by atoms with E-state index in [1.165, 1.54) is 24.1 Å². The number of hydrogen-bond acceptors (Lipinski definition) is 4. The number of rotatable bonds is 6. The van der Waals surface area contributed by atoms with Crippen molar-refractivity contribution < 1.29 is 19.1 Å². The molecule has 0 unspecified atom stereocenters. The first-order chi connectivity index (χ1) is 9.49. The van der Waals surface area contributed by atoms with Crippen molar-refractivity contribution in [3.8, 4) is 0 Å². The molecule has 6 heteroatoms. The molecule has 0 saturated carbocycles. The highest BCUT2D eigenvalue weighted by atomic mass is 16.5. The van der Waals surface area contributed by atoms with Gasteiger partial charge in [0.25, 0.3) is 5.91 Å². The number of primary amides is 1. The number of esters is 1. The van der Waals surface area contributed by atoms with Gasteiger partial charge < -0.3 is 15.4 Å². The van der Waals surface area contributed by atoms with Crippen LogP contribution >= 0.6 is 0 Å². The lowest BCUT2D eigenvalue weighted by molar-refractivity contribution is -0.141. The second-order valence-corrected chi connectivity index (χ2v) is 4.25. The number of carbonyl (C=O) groups is 3. The molecule has 0 aromatic heterocycles. The molecule has 2 N–H and O–H groups in total. The Morgan fingerprint density at radius 3 is 2.45 bits per heavy atom. The molecule has 1 aromatic rings. The zero-order valence-electron chi connectivity index (χ0n) is 11.6. The molecule has 108 valence electrons. The summed E-state index contributed by atoms with van der Waals surface area (Å²) in [5.41, 5.74) is 5.76. The van der Waals surface area contributed by atoms with Gasteiger partial charge >= 0.3 is 5.97 Å². The molecule has 1 aromatic carbocycles. The molecule has 2 amide bonds. The van der Waals surface area contributed by atoms with E-state index in [4.69, 9.17) is 5.73 Å². The van der Waals surface area contributed by atoms with Crippen molar-refractivity contribution >= 4 is 17.8 Å². The topological polar surface area (TPSA) is 89.7 Å². The van der Waals surface area contributed by atoms with Crippen molar-refractivity contribution in [1.82, 2.24) is 4.90 Å². The minimum absolute atomic E-state index is 0.121. The molecule has 0 aliphatic rings. The Morgan fingerprint density at radius 1 is 1.25 bits per heavy atom. The van der Waals surface area contributed by atoms with Crippen LogP contribution in [-0.4, -0.2) is 42.9 Å². The lowest BCUT2D eigenvalue weighted by atomic mass is 10.1.